The molecule has 4 nitrogen and oxygen atoms in total. The van der Waals surface area contributed by atoms with E-state index in [2.05, 4.69) is 36.3 Å². The largest absolute Gasteiger partial charge is 0.488 e. The van der Waals surface area contributed by atoms with Gasteiger partial charge in [0.1, 0.15) is 11.9 Å². The molecule has 1 saturated heterocycles. The number of aliphatic hydroxyl groups is 1. The summed E-state index contributed by atoms with van der Waals surface area (Å²) >= 11 is 0. The van der Waals surface area contributed by atoms with Gasteiger partial charge in [-0.1, -0.05) is 6.42 Å². The topological polar surface area (TPSA) is 44.7 Å². The zero-order valence-electron chi connectivity index (χ0n) is 15.1. The Labute approximate surface area is 146 Å². The number of benzene rings is 1. The summed E-state index contributed by atoms with van der Waals surface area (Å²) in [6, 6.07) is 8.72. The predicted octanol–water partition coefficient (Wildman–Crippen LogP) is 3.51. The number of rotatable bonds is 5. The van der Waals surface area contributed by atoms with Crippen molar-refractivity contribution in [2.45, 2.75) is 63.7 Å². The van der Waals surface area contributed by atoms with Crippen LogP contribution < -0.4 is 10.1 Å². The van der Waals surface area contributed by atoms with Crippen molar-refractivity contribution in [3.8, 4) is 5.75 Å². The fourth-order valence-corrected chi connectivity index (χ4v) is 3.93. The second-order valence-electron chi connectivity index (χ2n) is 7.61. The first-order chi connectivity index (χ1) is 11.6. The van der Waals surface area contributed by atoms with E-state index in [-0.39, 0.29) is 12.2 Å². The average molecular weight is 332 g/mol. The fraction of sp³-hybridized carbons (Fsp3) is 0.700. The van der Waals surface area contributed by atoms with Crippen molar-refractivity contribution >= 4 is 5.69 Å². The van der Waals surface area contributed by atoms with Crippen LogP contribution in [0.25, 0.3) is 0 Å². The maximum Gasteiger partial charge on any atom is 0.124 e. The summed E-state index contributed by atoms with van der Waals surface area (Å²) in [5, 5.41) is 13.7. The first-order valence-corrected chi connectivity index (χ1v) is 9.51. The molecule has 3 atom stereocenters. The van der Waals surface area contributed by atoms with Gasteiger partial charge in [0, 0.05) is 11.7 Å². The molecule has 1 aromatic carbocycles. The van der Waals surface area contributed by atoms with Crippen LogP contribution in [0.5, 0.6) is 5.75 Å². The molecule has 0 bridgehead atoms. The highest BCUT2D eigenvalue weighted by atomic mass is 16.5. The average Bonchev–Trinajstić information content (AvgIpc) is 2.59. The molecule has 24 heavy (non-hydrogen) atoms. The van der Waals surface area contributed by atoms with Crippen LogP contribution in [0.1, 0.15) is 45.4 Å². The van der Waals surface area contributed by atoms with E-state index in [1.54, 1.807) is 0 Å². The van der Waals surface area contributed by atoms with Crippen LogP contribution in [0.15, 0.2) is 24.3 Å². The number of hydrogen-bond acceptors (Lipinski definition) is 4. The molecular weight excluding hydrogens is 300 g/mol. The maximum absolute atomic E-state index is 10.0. The molecule has 1 aliphatic carbocycles. The van der Waals surface area contributed by atoms with E-state index in [1.807, 2.05) is 12.1 Å². The van der Waals surface area contributed by atoms with Gasteiger partial charge in [-0.15, -0.1) is 0 Å². The summed E-state index contributed by atoms with van der Waals surface area (Å²) in [4.78, 5) is 2.41. The summed E-state index contributed by atoms with van der Waals surface area (Å²) in [7, 11) is 2.20. The van der Waals surface area contributed by atoms with Crippen molar-refractivity contribution in [1.29, 1.82) is 0 Å². The Morgan fingerprint density at radius 2 is 1.75 bits per heavy atom. The zero-order valence-corrected chi connectivity index (χ0v) is 15.1. The number of anilines is 1. The van der Waals surface area contributed by atoms with Gasteiger partial charge in [-0.3, -0.25) is 0 Å². The van der Waals surface area contributed by atoms with Crippen LogP contribution in [-0.4, -0.2) is 48.4 Å². The zero-order chi connectivity index (χ0) is 16.9. The summed E-state index contributed by atoms with van der Waals surface area (Å²) in [5.74, 6) is 1.60. The van der Waals surface area contributed by atoms with Crippen LogP contribution >= 0.6 is 0 Å². The van der Waals surface area contributed by atoms with Crippen molar-refractivity contribution in [3.63, 3.8) is 0 Å². The van der Waals surface area contributed by atoms with Crippen LogP contribution in [-0.2, 0) is 0 Å². The Morgan fingerprint density at radius 3 is 2.42 bits per heavy atom. The van der Waals surface area contributed by atoms with E-state index >= 15 is 0 Å². The highest BCUT2D eigenvalue weighted by Gasteiger charge is 2.25. The van der Waals surface area contributed by atoms with Crippen LogP contribution in [0, 0.1) is 5.92 Å². The van der Waals surface area contributed by atoms with Gasteiger partial charge in [0.05, 0.1) is 6.10 Å². The van der Waals surface area contributed by atoms with E-state index in [0.717, 1.165) is 43.0 Å². The van der Waals surface area contributed by atoms with Gasteiger partial charge in [0.15, 0.2) is 0 Å². The smallest absolute Gasteiger partial charge is 0.124 e. The van der Waals surface area contributed by atoms with E-state index < -0.39 is 0 Å². The third-order valence-electron chi connectivity index (χ3n) is 5.67. The predicted molar refractivity (Wildman–Crippen MR) is 98.6 cm³/mol. The lowest BCUT2D eigenvalue weighted by Gasteiger charge is -2.33. The van der Waals surface area contributed by atoms with Gasteiger partial charge < -0.3 is 20.1 Å². The van der Waals surface area contributed by atoms with E-state index in [4.69, 9.17) is 4.74 Å². The number of nitrogens with one attached hydrogen (secondary N) is 1. The number of nitrogens with zero attached hydrogens (tertiary/aromatic N) is 1. The number of piperidine rings is 1. The Balaban J connectivity index is 1.50. The Bertz CT molecular complexity index is 497. The molecule has 2 aliphatic rings. The second kappa shape index (κ2) is 8.21. The SMILES string of the molecule is CC(Nc1ccc(OC2CCCCC2O)cc1)C1CCN(C)CC1. The molecule has 134 valence electrons. The van der Waals surface area contributed by atoms with Crippen molar-refractivity contribution in [2.24, 2.45) is 5.92 Å². The summed E-state index contributed by atoms with van der Waals surface area (Å²) in [6.45, 7) is 4.69. The van der Waals surface area contributed by atoms with Gasteiger partial charge in [-0.25, -0.2) is 0 Å². The minimum atomic E-state index is -0.319. The molecule has 1 heterocycles. The molecular formula is C20H32N2O2. The molecule has 1 aliphatic heterocycles. The van der Waals surface area contributed by atoms with Crippen LogP contribution in [0.2, 0.25) is 0 Å². The van der Waals surface area contributed by atoms with Gasteiger partial charge >= 0.3 is 0 Å². The highest BCUT2D eigenvalue weighted by Crippen LogP contribution is 2.26. The third-order valence-corrected chi connectivity index (χ3v) is 5.67. The van der Waals surface area contributed by atoms with Crippen LogP contribution in [0.4, 0.5) is 5.69 Å². The highest BCUT2D eigenvalue weighted by molar-refractivity contribution is 5.47. The molecule has 3 unspecified atom stereocenters. The lowest BCUT2D eigenvalue weighted by molar-refractivity contribution is 0.00688. The molecule has 1 aromatic rings. The Morgan fingerprint density at radius 1 is 1.08 bits per heavy atom. The van der Waals surface area contributed by atoms with Gasteiger partial charge in [-0.2, -0.15) is 0 Å². The molecule has 0 spiro atoms. The number of hydrogen-bond donors (Lipinski definition) is 2. The second-order valence-corrected chi connectivity index (χ2v) is 7.61. The van der Waals surface area contributed by atoms with Crippen molar-refractivity contribution < 1.29 is 9.84 Å². The van der Waals surface area contributed by atoms with Crippen molar-refractivity contribution in [3.05, 3.63) is 24.3 Å². The van der Waals surface area contributed by atoms with Crippen molar-refractivity contribution in [2.75, 3.05) is 25.5 Å². The number of aliphatic hydroxyl groups excluding tert-OH is 1. The summed E-state index contributed by atoms with van der Waals surface area (Å²) in [5.41, 5.74) is 1.15. The first kappa shape index (κ1) is 17.6. The van der Waals surface area contributed by atoms with Gasteiger partial charge in [0.25, 0.3) is 0 Å². The first-order valence-electron chi connectivity index (χ1n) is 9.51. The quantitative estimate of drug-likeness (QED) is 0.866. The molecule has 2 N–H and O–H groups in total. The normalized spacial score (nSPS) is 27.6. The molecule has 0 radical (unpaired) electrons. The fourth-order valence-electron chi connectivity index (χ4n) is 3.93. The Kier molecular flexibility index (Phi) is 6.01. The van der Waals surface area contributed by atoms with Gasteiger partial charge in [0.2, 0.25) is 0 Å². The molecule has 4 heteroatoms. The summed E-state index contributed by atoms with van der Waals surface area (Å²) in [6.07, 6.45) is 6.24. The van der Waals surface area contributed by atoms with Crippen LogP contribution in [0.3, 0.4) is 0 Å². The van der Waals surface area contributed by atoms with E-state index in [1.165, 1.54) is 25.9 Å². The molecule has 0 amide bonds. The van der Waals surface area contributed by atoms with Gasteiger partial charge in [-0.05, 0) is 89.3 Å². The minimum Gasteiger partial charge on any atom is -0.488 e. The van der Waals surface area contributed by atoms with Crippen molar-refractivity contribution in [1.82, 2.24) is 4.90 Å². The standard InChI is InChI=1S/C20H32N2O2/c1-15(16-11-13-22(2)14-12-16)21-17-7-9-18(10-8-17)24-20-6-4-3-5-19(20)23/h7-10,15-16,19-21,23H,3-6,11-14H2,1-2H3. The lowest BCUT2D eigenvalue weighted by Crippen LogP contribution is -2.37. The molecule has 2 fully saturated rings. The summed E-state index contributed by atoms with van der Waals surface area (Å²) < 4.78 is 5.97. The van der Waals surface area contributed by atoms with E-state index in [0.29, 0.717) is 6.04 Å². The maximum atomic E-state index is 10.0. The van der Waals surface area contributed by atoms with E-state index in [9.17, 15) is 5.11 Å². The Hall–Kier alpha value is -1.26. The molecule has 1 saturated carbocycles. The monoisotopic (exact) mass is 332 g/mol. The number of likely N-dealkylation sites (tertiary alicyclic amines) is 1. The molecule has 3 rings (SSSR count). The number of ether oxygens (including phenoxy) is 1. The third kappa shape index (κ3) is 4.64. The minimum absolute atomic E-state index is 0.0456. The lowest BCUT2D eigenvalue weighted by atomic mass is 9.90. The molecule has 0 aromatic heterocycles.